The van der Waals surface area contributed by atoms with Gasteiger partial charge in [0, 0.05) is 26.2 Å². The molecule has 0 aromatic heterocycles. The van der Waals surface area contributed by atoms with E-state index in [9.17, 15) is 9.59 Å². The standard InChI is InChI=1S/C15H27NO4/c1-2-4-13(15(18)19)11-16-14(17)6-3-5-12-7-9-20-10-8-12/h12-13H,2-11H2,1H3,(H,16,17)(H,18,19). The second kappa shape index (κ2) is 9.75. The van der Waals surface area contributed by atoms with Gasteiger partial charge in [-0.1, -0.05) is 13.3 Å². The molecular weight excluding hydrogens is 258 g/mol. The molecule has 5 nitrogen and oxygen atoms in total. The number of carboxylic acids is 1. The van der Waals surface area contributed by atoms with Crippen LogP contribution in [0.15, 0.2) is 0 Å². The Labute approximate surface area is 121 Å². The maximum absolute atomic E-state index is 11.7. The summed E-state index contributed by atoms with van der Waals surface area (Å²) in [5.74, 6) is -0.628. The number of hydrogen-bond acceptors (Lipinski definition) is 3. The molecule has 20 heavy (non-hydrogen) atoms. The first-order chi connectivity index (χ1) is 9.63. The van der Waals surface area contributed by atoms with Crippen molar-refractivity contribution in [3.05, 3.63) is 0 Å². The maximum Gasteiger partial charge on any atom is 0.308 e. The molecule has 0 bridgehead atoms. The molecule has 1 amide bonds. The molecule has 1 saturated heterocycles. The molecule has 1 heterocycles. The second-order valence-corrected chi connectivity index (χ2v) is 5.58. The van der Waals surface area contributed by atoms with Gasteiger partial charge in [-0.05, 0) is 38.0 Å². The minimum atomic E-state index is -0.825. The molecule has 1 atom stereocenters. The van der Waals surface area contributed by atoms with E-state index in [0.29, 0.717) is 18.8 Å². The van der Waals surface area contributed by atoms with Gasteiger partial charge in [0.15, 0.2) is 0 Å². The minimum Gasteiger partial charge on any atom is -0.481 e. The Morgan fingerprint density at radius 2 is 2.05 bits per heavy atom. The minimum absolute atomic E-state index is 0.0283. The fourth-order valence-electron chi connectivity index (χ4n) is 2.57. The number of carbonyl (C=O) groups is 2. The number of carbonyl (C=O) groups excluding carboxylic acids is 1. The van der Waals surface area contributed by atoms with Crippen LogP contribution in [0.25, 0.3) is 0 Å². The number of carboxylic acid groups (broad SMARTS) is 1. The van der Waals surface area contributed by atoms with Crippen molar-refractivity contribution in [2.45, 2.75) is 51.9 Å². The molecule has 0 aliphatic carbocycles. The van der Waals surface area contributed by atoms with Gasteiger partial charge in [-0.2, -0.15) is 0 Å². The fraction of sp³-hybridized carbons (Fsp3) is 0.867. The van der Waals surface area contributed by atoms with E-state index >= 15 is 0 Å². The van der Waals surface area contributed by atoms with Crippen LogP contribution in [0, 0.1) is 11.8 Å². The average Bonchev–Trinajstić information content (AvgIpc) is 2.44. The Balaban J connectivity index is 2.11. The molecular formula is C15H27NO4. The van der Waals surface area contributed by atoms with Gasteiger partial charge >= 0.3 is 5.97 Å². The van der Waals surface area contributed by atoms with Gasteiger partial charge in [-0.25, -0.2) is 0 Å². The Hall–Kier alpha value is -1.10. The molecule has 0 spiro atoms. The number of hydrogen-bond donors (Lipinski definition) is 2. The van der Waals surface area contributed by atoms with Crippen LogP contribution in [0.1, 0.15) is 51.9 Å². The molecule has 1 fully saturated rings. The summed E-state index contributed by atoms with van der Waals surface area (Å²) in [5.41, 5.74) is 0. The largest absolute Gasteiger partial charge is 0.481 e. The van der Waals surface area contributed by atoms with E-state index in [1.807, 2.05) is 6.92 Å². The first kappa shape index (κ1) is 17.0. The summed E-state index contributed by atoms with van der Waals surface area (Å²) in [7, 11) is 0. The number of rotatable bonds is 9. The van der Waals surface area contributed by atoms with Crippen molar-refractivity contribution in [1.82, 2.24) is 5.32 Å². The van der Waals surface area contributed by atoms with Crippen molar-refractivity contribution < 1.29 is 19.4 Å². The molecule has 0 saturated carbocycles. The van der Waals surface area contributed by atoms with Crippen LogP contribution in [0.2, 0.25) is 0 Å². The first-order valence-electron chi connectivity index (χ1n) is 7.70. The molecule has 5 heteroatoms. The summed E-state index contributed by atoms with van der Waals surface area (Å²) in [5, 5.41) is 11.7. The summed E-state index contributed by atoms with van der Waals surface area (Å²) in [6.07, 6.45) is 6.05. The van der Waals surface area contributed by atoms with Crippen molar-refractivity contribution in [1.29, 1.82) is 0 Å². The highest BCUT2D eigenvalue weighted by atomic mass is 16.5. The van der Waals surface area contributed by atoms with Crippen LogP contribution in [0.4, 0.5) is 0 Å². The van der Waals surface area contributed by atoms with Crippen molar-refractivity contribution in [2.75, 3.05) is 19.8 Å². The predicted octanol–water partition coefficient (Wildman–Crippen LogP) is 2.20. The van der Waals surface area contributed by atoms with E-state index in [2.05, 4.69) is 5.32 Å². The van der Waals surface area contributed by atoms with E-state index in [1.54, 1.807) is 0 Å². The molecule has 0 aromatic carbocycles. The Kier molecular flexibility index (Phi) is 8.26. The second-order valence-electron chi connectivity index (χ2n) is 5.58. The number of amides is 1. The zero-order valence-electron chi connectivity index (χ0n) is 12.4. The Morgan fingerprint density at radius 3 is 2.65 bits per heavy atom. The number of ether oxygens (including phenoxy) is 1. The lowest BCUT2D eigenvalue weighted by atomic mass is 9.94. The lowest BCUT2D eigenvalue weighted by Crippen LogP contribution is -2.32. The summed E-state index contributed by atoms with van der Waals surface area (Å²) >= 11 is 0. The Bertz CT molecular complexity index is 300. The molecule has 1 rings (SSSR count). The predicted molar refractivity (Wildman–Crippen MR) is 76.4 cm³/mol. The highest BCUT2D eigenvalue weighted by Gasteiger charge is 2.17. The van der Waals surface area contributed by atoms with Crippen molar-refractivity contribution >= 4 is 11.9 Å². The third kappa shape index (κ3) is 6.89. The van der Waals surface area contributed by atoms with Gasteiger partial charge < -0.3 is 15.2 Å². The smallest absolute Gasteiger partial charge is 0.308 e. The Morgan fingerprint density at radius 1 is 1.35 bits per heavy atom. The zero-order chi connectivity index (χ0) is 14.8. The third-order valence-corrected chi connectivity index (χ3v) is 3.89. The van der Waals surface area contributed by atoms with Crippen molar-refractivity contribution in [2.24, 2.45) is 11.8 Å². The van der Waals surface area contributed by atoms with Crippen LogP contribution in [-0.4, -0.2) is 36.7 Å². The fourth-order valence-corrected chi connectivity index (χ4v) is 2.57. The van der Waals surface area contributed by atoms with Gasteiger partial charge in [0.25, 0.3) is 0 Å². The molecule has 1 aliphatic heterocycles. The van der Waals surface area contributed by atoms with Gasteiger partial charge in [0.1, 0.15) is 0 Å². The van der Waals surface area contributed by atoms with Gasteiger partial charge in [0.2, 0.25) is 5.91 Å². The van der Waals surface area contributed by atoms with Crippen molar-refractivity contribution in [3.8, 4) is 0 Å². The summed E-state index contributed by atoms with van der Waals surface area (Å²) in [6, 6.07) is 0. The average molecular weight is 285 g/mol. The van der Waals surface area contributed by atoms with Gasteiger partial charge in [-0.15, -0.1) is 0 Å². The van der Waals surface area contributed by atoms with Crippen LogP contribution >= 0.6 is 0 Å². The molecule has 116 valence electrons. The third-order valence-electron chi connectivity index (χ3n) is 3.89. The molecule has 2 N–H and O–H groups in total. The lowest BCUT2D eigenvalue weighted by molar-refractivity contribution is -0.141. The number of aliphatic carboxylic acids is 1. The van der Waals surface area contributed by atoms with Crippen LogP contribution < -0.4 is 5.32 Å². The summed E-state index contributed by atoms with van der Waals surface area (Å²) < 4.78 is 5.30. The van der Waals surface area contributed by atoms with Gasteiger partial charge in [0.05, 0.1) is 5.92 Å². The maximum atomic E-state index is 11.7. The normalized spacial score (nSPS) is 17.6. The zero-order valence-corrected chi connectivity index (χ0v) is 12.4. The lowest BCUT2D eigenvalue weighted by Gasteiger charge is -2.21. The van der Waals surface area contributed by atoms with Crippen LogP contribution in [0.5, 0.6) is 0 Å². The monoisotopic (exact) mass is 285 g/mol. The van der Waals surface area contributed by atoms with Crippen LogP contribution in [-0.2, 0) is 14.3 Å². The number of nitrogens with one attached hydrogen (secondary N) is 1. The highest BCUT2D eigenvalue weighted by molar-refractivity contribution is 5.77. The van der Waals surface area contributed by atoms with Crippen LogP contribution in [0.3, 0.4) is 0 Å². The highest BCUT2D eigenvalue weighted by Crippen LogP contribution is 2.20. The van der Waals surface area contributed by atoms with E-state index in [0.717, 1.165) is 45.3 Å². The molecule has 1 unspecified atom stereocenters. The topological polar surface area (TPSA) is 75.6 Å². The van der Waals surface area contributed by atoms with Crippen molar-refractivity contribution in [3.63, 3.8) is 0 Å². The molecule has 0 aromatic rings. The SMILES string of the molecule is CCCC(CNC(=O)CCCC1CCOCC1)C(=O)O. The summed E-state index contributed by atoms with van der Waals surface area (Å²) in [4.78, 5) is 22.6. The first-order valence-corrected chi connectivity index (χ1v) is 7.70. The quantitative estimate of drug-likeness (QED) is 0.681. The van der Waals surface area contributed by atoms with E-state index < -0.39 is 11.9 Å². The molecule has 1 aliphatic rings. The van der Waals surface area contributed by atoms with E-state index in [-0.39, 0.29) is 12.5 Å². The van der Waals surface area contributed by atoms with E-state index in [4.69, 9.17) is 9.84 Å². The van der Waals surface area contributed by atoms with Gasteiger partial charge in [-0.3, -0.25) is 9.59 Å². The molecule has 0 radical (unpaired) electrons. The summed E-state index contributed by atoms with van der Waals surface area (Å²) in [6.45, 7) is 3.88. The van der Waals surface area contributed by atoms with E-state index in [1.165, 1.54) is 0 Å².